The molecular weight excluding hydrogens is 428 g/mol. The Morgan fingerprint density at radius 2 is 1.74 bits per heavy atom. The van der Waals surface area contributed by atoms with E-state index in [4.69, 9.17) is 14.2 Å². The molecule has 2 atom stereocenters. The molecule has 0 unspecified atom stereocenters. The van der Waals surface area contributed by atoms with Gasteiger partial charge in [0, 0.05) is 38.6 Å². The lowest BCUT2D eigenvalue weighted by Gasteiger charge is -2.47. The minimum atomic E-state index is 0.239. The van der Waals surface area contributed by atoms with Gasteiger partial charge in [-0.05, 0) is 48.9 Å². The highest BCUT2D eigenvalue weighted by Gasteiger charge is 2.39. The number of nitrogens with zero attached hydrogens (tertiary/aromatic N) is 2. The number of methoxy groups -OCH3 is 3. The van der Waals surface area contributed by atoms with E-state index in [-0.39, 0.29) is 11.9 Å². The normalized spacial score (nSPS) is 21.2. The number of rotatable bonds is 8. The number of ether oxygens (including phenoxy) is 3. The molecule has 2 aromatic rings. The summed E-state index contributed by atoms with van der Waals surface area (Å²) in [6.07, 6.45) is 4.85. The van der Waals surface area contributed by atoms with Crippen molar-refractivity contribution in [3.8, 4) is 17.2 Å². The number of amides is 1. The SMILES string of the molecule is COc1cc(CN2C(=O)CC[C@@H]3CN(C/C(C)=C/c4ccccc4)CC[C@@H]32)cc(OC)c1OC. The molecule has 182 valence electrons. The molecule has 0 saturated carbocycles. The van der Waals surface area contributed by atoms with Crippen molar-refractivity contribution in [1.29, 1.82) is 0 Å². The number of likely N-dealkylation sites (tertiary alicyclic amines) is 2. The van der Waals surface area contributed by atoms with E-state index in [2.05, 4.69) is 47.1 Å². The van der Waals surface area contributed by atoms with Gasteiger partial charge in [0.15, 0.2) is 11.5 Å². The Labute approximate surface area is 203 Å². The van der Waals surface area contributed by atoms with E-state index in [1.807, 2.05) is 18.2 Å². The summed E-state index contributed by atoms with van der Waals surface area (Å²) < 4.78 is 16.5. The highest BCUT2D eigenvalue weighted by Crippen LogP contribution is 2.39. The van der Waals surface area contributed by atoms with Crippen LogP contribution in [0.3, 0.4) is 0 Å². The van der Waals surface area contributed by atoms with Crippen LogP contribution in [0, 0.1) is 5.92 Å². The second-order valence-corrected chi connectivity index (χ2v) is 9.35. The van der Waals surface area contributed by atoms with Crippen LogP contribution in [0.4, 0.5) is 0 Å². The lowest BCUT2D eigenvalue weighted by molar-refractivity contribution is -0.142. The van der Waals surface area contributed by atoms with Crippen LogP contribution in [0.25, 0.3) is 6.08 Å². The van der Waals surface area contributed by atoms with Crippen molar-refractivity contribution in [3.05, 3.63) is 59.2 Å². The third-order valence-electron chi connectivity index (χ3n) is 6.99. The lowest BCUT2D eigenvalue weighted by atomic mass is 9.83. The van der Waals surface area contributed by atoms with Gasteiger partial charge in [-0.3, -0.25) is 9.69 Å². The fourth-order valence-corrected chi connectivity index (χ4v) is 5.43. The molecule has 0 radical (unpaired) electrons. The number of carbonyl (C=O) groups excluding carboxylic acids is 1. The summed E-state index contributed by atoms with van der Waals surface area (Å²) in [7, 11) is 4.84. The van der Waals surface area contributed by atoms with Crippen molar-refractivity contribution in [2.75, 3.05) is 41.0 Å². The van der Waals surface area contributed by atoms with Crippen LogP contribution in [-0.2, 0) is 11.3 Å². The van der Waals surface area contributed by atoms with Crippen LogP contribution >= 0.6 is 0 Å². The van der Waals surface area contributed by atoms with Gasteiger partial charge in [0.25, 0.3) is 0 Å². The van der Waals surface area contributed by atoms with Crippen molar-refractivity contribution in [2.24, 2.45) is 5.92 Å². The molecule has 0 bridgehead atoms. The molecule has 2 aromatic carbocycles. The summed E-state index contributed by atoms with van der Waals surface area (Å²) in [4.78, 5) is 17.6. The summed E-state index contributed by atoms with van der Waals surface area (Å²) in [5.74, 6) is 2.55. The van der Waals surface area contributed by atoms with E-state index in [0.717, 1.165) is 38.0 Å². The molecule has 0 aliphatic carbocycles. The van der Waals surface area contributed by atoms with Crippen LogP contribution in [-0.4, -0.2) is 62.7 Å². The van der Waals surface area contributed by atoms with Gasteiger partial charge in [-0.25, -0.2) is 0 Å². The summed E-state index contributed by atoms with van der Waals surface area (Å²) in [6.45, 7) is 5.77. The van der Waals surface area contributed by atoms with Gasteiger partial charge < -0.3 is 19.1 Å². The van der Waals surface area contributed by atoms with Gasteiger partial charge in [-0.15, -0.1) is 0 Å². The first-order chi connectivity index (χ1) is 16.5. The van der Waals surface area contributed by atoms with Gasteiger partial charge >= 0.3 is 0 Å². The number of benzene rings is 2. The van der Waals surface area contributed by atoms with Crippen LogP contribution in [0.1, 0.15) is 37.3 Å². The number of fused-ring (bicyclic) bond motifs is 1. The van der Waals surface area contributed by atoms with Gasteiger partial charge in [-0.2, -0.15) is 0 Å². The van der Waals surface area contributed by atoms with E-state index < -0.39 is 0 Å². The minimum Gasteiger partial charge on any atom is -0.493 e. The highest BCUT2D eigenvalue weighted by atomic mass is 16.5. The third kappa shape index (κ3) is 5.39. The second kappa shape index (κ2) is 11.0. The Morgan fingerprint density at radius 1 is 1.03 bits per heavy atom. The van der Waals surface area contributed by atoms with Crippen LogP contribution in [0.5, 0.6) is 17.2 Å². The lowest BCUT2D eigenvalue weighted by Crippen LogP contribution is -2.55. The van der Waals surface area contributed by atoms with Crippen molar-refractivity contribution in [1.82, 2.24) is 9.80 Å². The molecule has 4 rings (SSSR count). The number of carbonyl (C=O) groups is 1. The number of hydrogen-bond donors (Lipinski definition) is 0. The topological polar surface area (TPSA) is 51.2 Å². The molecule has 2 saturated heterocycles. The van der Waals surface area contributed by atoms with Crippen LogP contribution < -0.4 is 14.2 Å². The van der Waals surface area contributed by atoms with Crippen LogP contribution in [0.2, 0.25) is 0 Å². The zero-order valence-corrected chi connectivity index (χ0v) is 20.8. The van der Waals surface area contributed by atoms with E-state index in [0.29, 0.717) is 36.1 Å². The smallest absolute Gasteiger partial charge is 0.223 e. The zero-order chi connectivity index (χ0) is 24.1. The molecule has 6 nitrogen and oxygen atoms in total. The van der Waals surface area contributed by atoms with Gasteiger partial charge in [0.2, 0.25) is 11.7 Å². The molecule has 2 fully saturated rings. The maximum absolute atomic E-state index is 13.0. The first-order valence-electron chi connectivity index (χ1n) is 12.0. The molecular formula is C28H36N2O4. The molecule has 6 heteroatoms. The van der Waals surface area contributed by atoms with Crippen LogP contribution in [0.15, 0.2) is 48.0 Å². The molecule has 2 heterocycles. The first-order valence-corrected chi connectivity index (χ1v) is 12.0. The van der Waals surface area contributed by atoms with Crippen molar-refractivity contribution in [2.45, 2.75) is 38.8 Å². The number of hydrogen-bond acceptors (Lipinski definition) is 5. The Bertz CT molecular complexity index is 995. The Kier molecular flexibility index (Phi) is 7.78. The maximum Gasteiger partial charge on any atom is 0.223 e. The Balaban J connectivity index is 1.45. The molecule has 0 spiro atoms. The second-order valence-electron chi connectivity index (χ2n) is 9.35. The minimum absolute atomic E-state index is 0.239. The van der Waals surface area contributed by atoms with Gasteiger partial charge in [0.05, 0.1) is 21.3 Å². The zero-order valence-electron chi connectivity index (χ0n) is 20.8. The molecule has 0 N–H and O–H groups in total. The summed E-state index contributed by atoms with van der Waals surface area (Å²) >= 11 is 0. The standard InChI is InChI=1S/C28H36N2O4/c1-20(14-21-8-6-5-7-9-21)17-29-13-12-24-23(19-29)10-11-27(31)30(24)18-22-15-25(32-2)28(34-4)26(16-22)33-3/h5-9,14-16,23-24H,10-13,17-19H2,1-4H3/b20-14+/t23-,24+/m1/s1. The number of piperidine rings is 2. The largest absolute Gasteiger partial charge is 0.493 e. The molecule has 0 aromatic heterocycles. The summed E-state index contributed by atoms with van der Waals surface area (Å²) in [6, 6.07) is 14.7. The van der Waals surface area contributed by atoms with Crippen molar-refractivity contribution < 1.29 is 19.0 Å². The quantitative estimate of drug-likeness (QED) is 0.570. The Morgan fingerprint density at radius 3 is 2.38 bits per heavy atom. The van der Waals surface area contributed by atoms with E-state index in [1.54, 1.807) is 21.3 Å². The molecule has 34 heavy (non-hydrogen) atoms. The predicted octanol–water partition coefficient (Wildman–Crippen LogP) is 4.63. The predicted molar refractivity (Wildman–Crippen MR) is 134 cm³/mol. The highest BCUT2D eigenvalue weighted by molar-refractivity contribution is 5.77. The Hall–Kier alpha value is -2.99. The average Bonchev–Trinajstić information content (AvgIpc) is 2.85. The fraction of sp³-hybridized carbons (Fsp3) is 0.464. The molecule has 1 amide bonds. The van der Waals surface area contributed by atoms with Gasteiger partial charge in [0.1, 0.15) is 0 Å². The van der Waals surface area contributed by atoms with Crippen molar-refractivity contribution in [3.63, 3.8) is 0 Å². The summed E-state index contributed by atoms with van der Waals surface area (Å²) in [5, 5.41) is 0. The van der Waals surface area contributed by atoms with E-state index in [9.17, 15) is 4.79 Å². The van der Waals surface area contributed by atoms with E-state index >= 15 is 0 Å². The monoisotopic (exact) mass is 464 g/mol. The third-order valence-corrected chi connectivity index (χ3v) is 6.99. The van der Waals surface area contributed by atoms with Gasteiger partial charge in [-0.1, -0.05) is 42.0 Å². The maximum atomic E-state index is 13.0. The van der Waals surface area contributed by atoms with Crippen molar-refractivity contribution >= 4 is 12.0 Å². The first kappa shape index (κ1) is 24.1. The molecule has 2 aliphatic rings. The van der Waals surface area contributed by atoms with E-state index in [1.165, 1.54) is 11.1 Å². The fourth-order valence-electron chi connectivity index (χ4n) is 5.43. The molecule has 2 aliphatic heterocycles. The average molecular weight is 465 g/mol. The summed E-state index contributed by atoms with van der Waals surface area (Å²) in [5.41, 5.74) is 3.60.